The minimum absolute atomic E-state index is 0.0220. The van der Waals surface area contributed by atoms with Gasteiger partial charge < -0.3 is 25.0 Å². The van der Waals surface area contributed by atoms with Crippen molar-refractivity contribution in [1.29, 1.82) is 0 Å². The number of ether oxygens (including phenoxy) is 1. The van der Waals surface area contributed by atoms with Crippen molar-refractivity contribution in [3.63, 3.8) is 0 Å². The van der Waals surface area contributed by atoms with Crippen molar-refractivity contribution in [3.8, 4) is 0 Å². The molecule has 1 aromatic rings. The van der Waals surface area contributed by atoms with E-state index in [2.05, 4.69) is 5.32 Å². The summed E-state index contributed by atoms with van der Waals surface area (Å²) in [6.07, 6.45) is 3.53. The highest BCUT2D eigenvalue weighted by Gasteiger charge is 2.43. The molecule has 0 bridgehead atoms. The molecular formula is C28H45N3O5. The first-order valence-corrected chi connectivity index (χ1v) is 13.2. The van der Waals surface area contributed by atoms with E-state index in [0.29, 0.717) is 30.8 Å². The standard InChI is InChI=1S/C28H45N3O5/c1-8-28(6,27(34)35)26(33)30(14-9-10-15-36-7)24-17-23(20(4)16-21(24)5)25(32)31(19(2)3)22-12-11-13-29-18-22/h16-17,19,22,29H,8-15,18H2,1-7H3,(H,34,35). The summed E-state index contributed by atoms with van der Waals surface area (Å²) in [5.41, 5.74) is 1.28. The number of nitrogens with one attached hydrogen (secondary N) is 1. The number of nitrogens with zero attached hydrogens (tertiary/aromatic N) is 2. The molecule has 1 aliphatic rings. The summed E-state index contributed by atoms with van der Waals surface area (Å²) in [6, 6.07) is 3.86. The second-order valence-electron chi connectivity index (χ2n) is 10.4. The van der Waals surface area contributed by atoms with Crippen LogP contribution in [0.5, 0.6) is 0 Å². The lowest BCUT2D eigenvalue weighted by Crippen LogP contribution is -2.51. The number of hydrogen-bond donors (Lipinski definition) is 2. The van der Waals surface area contributed by atoms with Gasteiger partial charge in [-0.15, -0.1) is 0 Å². The summed E-state index contributed by atoms with van der Waals surface area (Å²) in [7, 11) is 1.63. The molecule has 2 amide bonds. The highest BCUT2D eigenvalue weighted by Crippen LogP contribution is 2.32. The maximum atomic E-state index is 13.9. The zero-order valence-electron chi connectivity index (χ0n) is 23.1. The van der Waals surface area contributed by atoms with E-state index >= 15 is 0 Å². The smallest absolute Gasteiger partial charge is 0.318 e. The van der Waals surface area contributed by atoms with Crippen LogP contribution in [-0.2, 0) is 14.3 Å². The number of benzene rings is 1. The second-order valence-corrected chi connectivity index (χ2v) is 10.4. The summed E-state index contributed by atoms with van der Waals surface area (Å²) in [4.78, 5) is 43.3. The number of rotatable bonds is 12. The van der Waals surface area contributed by atoms with Crippen LogP contribution in [0.2, 0.25) is 0 Å². The first-order chi connectivity index (χ1) is 17.0. The Hall–Kier alpha value is -2.45. The molecule has 0 aromatic heterocycles. The Morgan fingerprint density at radius 1 is 1.19 bits per heavy atom. The van der Waals surface area contributed by atoms with Crippen LogP contribution >= 0.6 is 0 Å². The van der Waals surface area contributed by atoms with Crippen LogP contribution < -0.4 is 10.2 Å². The molecular weight excluding hydrogens is 458 g/mol. The van der Waals surface area contributed by atoms with Gasteiger partial charge in [0.05, 0.1) is 0 Å². The van der Waals surface area contributed by atoms with Crippen molar-refractivity contribution in [2.75, 3.05) is 38.3 Å². The number of carboxylic acids is 1. The molecule has 1 heterocycles. The number of carbonyl (C=O) groups excluding carboxylic acids is 2. The van der Waals surface area contributed by atoms with E-state index in [-0.39, 0.29) is 24.4 Å². The number of anilines is 1. The van der Waals surface area contributed by atoms with E-state index in [9.17, 15) is 19.5 Å². The van der Waals surface area contributed by atoms with E-state index in [1.54, 1.807) is 25.0 Å². The molecule has 1 aromatic carbocycles. The van der Waals surface area contributed by atoms with E-state index in [0.717, 1.165) is 43.5 Å². The van der Waals surface area contributed by atoms with Gasteiger partial charge in [-0.05, 0) is 90.5 Å². The Labute approximate surface area is 216 Å². The number of aliphatic carboxylic acids is 1. The highest BCUT2D eigenvalue weighted by molar-refractivity contribution is 6.10. The zero-order chi connectivity index (χ0) is 27.0. The third-order valence-electron chi connectivity index (χ3n) is 7.40. The minimum atomic E-state index is -1.56. The Balaban J connectivity index is 2.54. The summed E-state index contributed by atoms with van der Waals surface area (Å²) in [6.45, 7) is 13.7. The first kappa shape index (κ1) is 29.8. The summed E-state index contributed by atoms with van der Waals surface area (Å²) in [5, 5.41) is 13.3. The van der Waals surface area contributed by atoms with E-state index in [1.165, 1.54) is 6.92 Å². The molecule has 8 heteroatoms. The average Bonchev–Trinajstić information content (AvgIpc) is 2.84. The molecule has 8 nitrogen and oxygen atoms in total. The molecule has 2 unspecified atom stereocenters. The molecule has 1 fully saturated rings. The molecule has 2 N–H and O–H groups in total. The van der Waals surface area contributed by atoms with Gasteiger partial charge in [-0.3, -0.25) is 14.4 Å². The molecule has 202 valence electrons. The van der Waals surface area contributed by atoms with Gasteiger partial charge in [0.25, 0.3) is 5.91 Å². The Kier molecular flexibility index (Phi) is 10.9. The fourth-order valence-corrected chi connectivity index (χ4v) is 4.93. The van der Waals surface area contributed by atoms with Crippen molar-refractivity contribution in [2.45, 2.75) is 85.7 Å². The number of aryl methyl sites for hydroxylation is 2. The lowest BCUT2D eigenvalue weighted by atomic mass is 9.85. The second kappa shape index (κ2) is 13.2. The van der Waals surface area contributed by atoms with E-state index < -0.39 is 17.3 Å². The maximum Gasteiger partial charge on any atom is 0.318 e. The van der Waals surface area contributed by atoms with Crippen molar-refractivity contribution in [3.05, 3.63) is 28.8 Å². The van der Waals surface area contributed by atoms with Crippen LogP contribution in [0, 0.1) is 19.3 Å². The van der Waals surface area contributed by atoms with Gasteiger partial charge in [0.2, 0.25) is 5.91 Å². The minimum Gasteiger partial charge on any atom is -0.480 e. The largest absolute Gasteiger partial charge is 0.480 e. The van der Waals surface area contributed by atoms with Crippen molar-refractivity contribution in [1.82, 2.24) is 10.2 Å². The number of methoxy groups -OCH3 is 1. The lowest BCUT2D eigenvalue weighted by Gasteiger charge is -2.38. The van der Waals surface area contributed by atoms with Crippen LogP contribution in [0.25, 0.3) is 0 Å². The van der Waals surface area contributed by atoms with E-state index in [1.807, 2.05) is 38.7 Å². The van der Waals surface area contributed by atoms with Crippen molar-refractivity contribution in [2.24, 2.45) is 5.41 Å². The molecule has 0 saturated carbocycles. The Bertz CT molecular complexity index is 926. The predicted octanol–water partition coefficient (Wildman–Crippen LogP) is 4.17. The molecule has 1 aliphatic heterocycles. The molecule has 1 saturated heterocycles. The van der Waals surface area contributed by atoms with Gasteiger partial charge in [-0.2, -0.15) is 0 Å². The lowest BCUT2D eigenvalue weighted by molar-refractivity contribution is -0.153. The van der Waals surface area contributed by atoms with Crippen molar-refractivity contribution >= 4 is 23.5 Å². The Morgan fingerprint density at radius 3 is 2.42 bits per heavy atom. The highest BCUT2D eigenvalue weighted by atomic mass is 16.5. The quantitative estimate of drug-likeness (QED) is 0.328. The third-order valence-corrected chi connectivity index (χ3v) is 7.40. The van der Waals surface area contributed by atoms with Gasteiger partial charge in [0.1, 0.15) is 5.41 Å². The Morgan fingerprint density at radius 2 is 1.89 bits per heavy atom. The van der Waals surface area contributed by atoms with Gasteiger partial charge >= 0.3 is 5.97 Å². The van der Waals surface area contributed by atoms with Crippen LogP contribution in [0.4, 0.5) is 5.69 Å². The summed E-state index contributed by atoms with van der Waals surface area (Å²) >= 11 is 0. The number of carboxylic acid groups (broad SMARTS) is 1. The van der Waals surface area contributed by atoms with Crippen LogP contribution in [0.1, 0.15) is 81.3 Å². The summed E-state index contributed by atoms with van der Waals surface area (Å²) in [5.74, 6) is -1.66. The normalized spacial score (nSPS) is 17.5. The van der Waals surface area contributed by atoms with Crippen LogP contribution in [0.3, 0.4) is 0 Å². The predicted molar refractivity (Wildman–Crippen MR) is 143 cm³/mol. The molecule has 0 aliphatic carbocycles. The summed E-state index contributed by atoms with van der Waals surface area (Å²) < 4.78 is 5.16. The molecule has 36 heavy (non-hydrogen) atoms. The average molecular weight is 504 g/mol. The number of carbonyl (C=O) groups is 3. The number of piperidine rings is 1. The van der Waals surface area contributed by atoms with Crippen LogP contribution in [-0.4, -0.2) is 73.2 Å². The molecule has 2 rings (SSSR count). The number of amides is 2. The molecule has 0 radical (unpaired) electrons. The molecule has 0 spiro atoms. The third kappa shape index (κ3) is 6.65. The monoisotopic (exact) mass is 503 g/mol. The van der Waals surface area contributed by atoms with Gasteiger partial charge in [0, 0.05) is 50.1 Å². The van der Waals surface area contributed by atoms with Crippen LogP contribution in [0.15, 0.2) is 12.1 Å². The zero-order valence-corrected chi connectivity index (χ0v) is 23.1. The fraction of sp³-hybridized carbons (Fsp3) is 0.679. The van der Waals surface area contributed by atoms with Gasteiger partial charge in [-0.1, -0.05) is 13.0 Å². The SMILES string of the molecule is CCC(C)(C(=O)O)C(=O)N(CCCCOC)c1cc(C(=O)N(C(C)C)C2CCCNC2)c(C)cc1C. The molecule has 2 atom stereocenters. The van der Waals surface area contributed by atoms with Crippen molar-refractivity contribution < 1.29 is 24.2 Å². The number of unbranched alkanes of at least 4 members (excludes halogenated alkanes) is 1. The fourth-order valence-electron chi connectivity index (χ4n) is 4.93. The topological polar surface area (TPSA) is 99.2 Å². The van der Waals surface area contributed by atoms with E-state index in [4.69, 9.17) is 4.74 Å². The maximum absolute atomic E-state index is 13.9. The first-order valence-electron chi connectivity index (χ1n) is 13.2. The van der Waals surface area contributed by atoms with Gasteiger partial charge in [-0.25, -0.2) is 0 Å². The van der Waals surface area contributed by atoms with Gasteiger partial charge in [0.15, 0.2) is 0 Å². The number of hydrogen-bond acceptors (Lipinski definition) is 5.